The largest absolute Gasteiger partial charge is 0.482 e. The summed E-state index contributed by atoms with van der Waals surface area (Å²) in [6, 6.07) is 15.9. The molecule has 4 rings (SSSR count). The average Bonchev–Trinajstić information content (AvgIpc) is 3.24. The molecule has 3 aromatic rings. The Bertz CT molecular complexity index is 1080. The smallest absolute Gasteiger partial charge is 0.358 e. The summed E-state index contributed by atoms with van der Waals surface area (Å²) < 4.78 is 18.1. The third kappa shape index (κ3) is 3.98. The van der Waals surface area contributed by atoms with Crippen molar-refractivity contribution in [3.05, 3.63) is 66.5 Å². The van der Waals surface area contributed by atoms with Crippen molar-refractivity contribution in [2.24, 2.45) is 0 Å². The monoisotopic (exact) mass is 407 g/mol. The summed E-state index contributed by atoms with van der Waals surface area (Å²) in [6.07, 6.45) is 0.426. The molecule has 2 atom stereocenters. The normalized spacial score (nSPS) is 17.3. The second kappa shape index (κ2) is 8.28. The number of amides is 1. The number of aromatic nitrogens is 2. The van der Waals surface area contributed by atoms with E-state index < -0.39 is 18.2 Å². The van der Waals surface area contributed by atoms with Crippen LogP contribution in [0.5, 0.6) is 11.5 Å². The molecule has 1 amide bonds. The van der Waals surface area contributed by atoms with Crippen LogP contribution in [0.3, 0.4) is 0 Å². The van der Waals surface area contributed by atoms with Crippen LogP contribution in [0.2, 0.25) is 0 Å². The van der Waals surface area contributed by atoms with Crippen LogP contribution in [0.15, 0.2) is 60.8 Å². The summed E-state index contributed by atoms with van der Waals surface area (Å²) in [7, 11) is 0. The third-order valence-electron chi connectivity index (χ3n) is 4.55. The molecule has 2 unspecified atom stereocenters. The van der Waals surface area contributed by atoms with Crippen LogP contribution in [0.25, 0.3) is 5.69 Å². The zero-order valence-corrected chi connectivity index (χ0v) is 16.6. The minimum Gasteiger partial charge on any atom is -0.482 e. The topological polar surface area (TPSA) is 91.7 Å². The fourth-order valence-electron chi connectivity index (χ4n) is 3.13. The van der Waals surface area contributed by atoms with E-state index in [2.05, 4.69) is 10.4 Å². The maximum atomic E-state index is 12.8. The first-order valence-electron chi connectivity index (χ1n) is 9.61. The lowest BCUT2D eigenvalue weighted by molar-refractivity contribution is -0.128. The molecule has 8 nitrogen and oxygen atoms in total. The van der Waals surface area contributed by atoms with Crippen LogP contribution < -0.4 is 14.8 Å². The summed E-state index contributed by atoms with van der Waals surface area (Å²) >= 11 is 0. The maximum absolute atomic E-state index is 12.8. The number of carbonyl (C=O) groups excluding carboxylic acids is 2. The van der Waals surface area contributed by atoms with Gasteiger partial charge < -0.3 is 19.5 Å². The van der Waals surface area contributed by atoms with Crippen LogP contribution in [-0.2, 0) is 9.53 Å². The maximum Gasteiger partial charge on any atom is 0.358 e. The van der Waals surface area contributed by atoms with Crippen molar-refractivity contribution in [2.75, 3.05) is 11.9 Å². The Balaban J connectivity index is 1.48. The summed E-state index contributed by atoms with van der Waals surface area (Å²) in [4.78, 5) is 24.6. The van der Waals surface area contributed by atoms with Crippen molar-refractivity contribution < 1.29 is 23.8 Å². The van der Waals surface area contributed by atoms with E-state index in [9.17, 15) is 9.59 Å². The Morgan fingerprint density at radius 3 is 2.63 bits per heavy atom. The number of esters is 1. The molecule has 154 valence electrons. The number of ether oxygens (including phenoxy) is 3. The predicted molar refractivity (Wildman–Crippen MR) is 109 cm³/mol. The van der Waals surface area contributed by atoms with Crippen LogP contribution in [0.4, 0.5) is 5.69 Å². The van der Waals surface area contributed by atoms with Crippen molar-refractivity contribution in [1.82, 2.24) is 9.78 Å². The highest BCUT2D eigenvalue weighted by Crippen LogP contribution is 2.33. The Labute approximate surface area is 173 Å². The Morgan fingerprint density at radius 1 is 1.10 bits per heavy atom. The highest BCUT2D eigenvalue weighted by molar-refractivity contribution is 5.95. The summed E-state index contributed by atoms with van der Waals surface area (Å²) in [6.45, 7) is 3.81. The number of fused-ring (bicyclic) bond motifs is 1. The molecular formula is C22H21N3O5. The van der Waals surface area contributed by atoms with Crippen LogP contribution in [0.1, 0.15) is 24.3 Å². The lowest BCUT2D eigenvalue weighted by Gasteiger charge is -2.31. The molecule has 0 aliphatic carbocycles. The van der Waals surface area contributed by atoms with Gasteiger partial charge in [-0.1, -0.05) is 18.2 Å². The molecule has 0 spiro atoms. The molecule has 8 heteroatoms. The number of nitrogens with zero attached hydrogens (tertiary/aromatic N) is 2. The van der Waals surface area contributed by atoms with E-state index in [4.69, 9.17) is 14.2 Å². The van der Waals surface area contributed by atoms with E-state index in [0.29, 0.717) is 22.9 Å². The molecule has 2 heterocycles. The molecule has 0 saturated heterocycles. The van der Waals surface area contributed by atoms with E-state index >= 15 is 0 Å². The molecule has 0 fully saturated rings. The van der Waals surface area contributed by atoms with Crippen molar-refractivity contribution in [1.29, 1.82) is 0 Å². The van der Waals surface area contributed by atoms with Gasteiger partial charge in [0.15, 0.2) is 17.2 Å². The number of hydrogen-bond acceptors (Lipinski definition) is 6. The Kier molecular flexibility index (Phi) is 5.38. The molecule has 0 radical (unpaired) electrons. The number of anilines is 1. The molecular weight excluding hydrogens is 386 g/mol. The average molecular weight is 407 g/mol. The number of carbonyl (C=O) groups is 2. The first-order chi connectivity index (χ1) is 14.5. The van der Waals surface area contributed by atoms with Crippen molar-refractivity contribution in [3.63, 3.8) is 0 Å². The summed E-state index contributed by atoms with van der Waals surface area (Å²) in [5.41, 5.74) is 1.47. The second-order valence-electron chi connectivity index (χ2n) is 6.71. The predicted octanol–water partition coefficient (Wildman–Crippen LogP) is 3.22. The van der Waals surface area contributed by atoms with Crippen molar-refractivity contribution >= 4 is 17.6 Å². The minimum absolute atomic E-state index is 0.214. The van der Waals surface area contributed by atoms with Gasteiger partial charge in [-0.05, 0) is 50.2 Å². The number of rotatable bonds is 5. The quantitative estimate of drug-likeness (QED) is 0.653. The summed E-state index contributed by atoms with van der Waals surface area (Å²) in [5.74, 6) is 0.353. The molecule has 0 saturated carbocycles. The van der Waals surface area contributed by atoms with E-state index in [-0.39, 0.29) is 18.2 Å². The zero-order valence-electron chi connectivity index (χ0n) is 16.6. The highest BCUT2D eigenvalue weighted by Gasteiger charge is 2.34. The van der Waals surface area contributed by atoms with E-state index in [1.807, 2.05) is 18.2 Å². The van der Waals surface area contributed by atoms with Gasteiger partial charge in [0, 0.05) is 11.9 Å². The molecule has 1 N–H and O–H groups in total. The van der Waals surface area contributed by atoms with Gasteiger partial charge >= 0.3 is 5.97 Å². The van der Waals surface area contributed by atoms with Crippen LogP contribution in [-0.4, -0.2) is 40.5 Å². The zero-order chi connectivity index (χ0) is 21.1. The van der Waals surface area contributed by atoms with Gasteiger partial charge in [-0.3, -0.25) is 4.79 Å². The molecule has 1 aliphatic heterocycles. The van der Waals surface area contributed by atoms with E-state index in [1.165, 1.54) is 0 Å². The number of para-hydroxylation sites is 2. The van der Waals surface area contributed by atoms with Gasteiger partial charge in [-0.25, -0.2) is 9.48 Å². The van der Waals surface area contributed by atoms with Crippen LogP contribution in [0, 0.1) is 0 Å². The molecule has 0 bridgehead atoms. The fraction of sp³-hybridized carbons (Fsp3) is 0.227. The van der Waals surface area contributed by atoms with Gasteiger partial charge in [0.25, 0.3) is 5.91 Å². The molecule has 2 aromatic carbocycles. The number of benzene rings is 2. The van der Waals surface area contributed by atoms with Crippen molar-refractivity contribution in [2.45, 2.75) is 26.1 Å². The van der Waals surface area contributed by atoms with Crippen molar-refractivity contribution in [3.8, 4) is 17.2 Å². The van der Waals surface area contributed by atoms with Crippen LogP contribution >= 0.6 is 0 Å². The van der Waals surface area contributed by atoms with E-state index in [0.717, 1.165) is 0 Å². The molecule has 30 heavy (non-hydrogen) atoms. The second-order valence-corrected chi connectivity index (χ2v) is 6.71. The molecule has 1 aliphatic rings. The Morgan fingerprint density at radius 2 is 1.87 bits per heavy atom. The SMILES string of the molecule is CCOC(=O)c1ccn(-c2cccc(NC(=O)C3Oc4ccccc4OC3C)c2)n1. The highest BCUT2D eigenvalue weighted by atomic mass is 16.6. The fourth-order valence-corrected chi connectivity index (χ4v) is 3.13. The van der Waals surface area contributed by atoms with Gasteiger partial charge in [0.05, 0.1) is 12.3 Å². The number of hydrogen-bond donors (Lipinski definition) is 1. The Hall–Kier alpha value is -3.81. The third-order valence-corrected chi connectivity index (χ3v) is 4.55. The first-order valence-corrected chi connectivity index (χ1v) is 9.61. The lowest BCUT2D eigenvalue weighted by Crippen LogP contribution is -2.46. The number of nitrogens with one attached hydrogen (secondary N) is 1. The molecule has 1 aromatic heterocycles. The van der Waals surface area contributed by atoms with Gasteiger partial charge in [-0.2, -0.15) is 5.10 Å². The standard InChI is InChI=1S/C22H21N3O5/c1-3-28-22(27)17-11-12-25(24-17)16-8-6-7-15(13-16)23-21(26)20-14(2)29-18-9-4-5-10-19(18)30-20/h4-14,20H,3H2,1-2H3,(H,23,26). The van der Waals surface area contributed by atoms with Gasteiger partial charge in [0.1, 0.15) is 6.10 Å². The summed E-state index contributed by atoms with van der Waals surface area (Å²) in [5, 5.41) is 7.09. The van der Waals surface area contributed by atoms with Gasteiger partial charge in [-0.15, -0.1) is 0 Å². The minimum atomic E-state index is -0.788. The van der Waals surface area contributed by atoms with Gasteiger partial charge in [0.2, 0.25) is 6.10 Å². The lowest BCUT2D eigenvalue weighted by atomic mass is 10.1. The van der Waals surface area contributed by atoms with E-state index in [1.54, 1.807) is 61.1 Å². The first kappa shape index (κ1) is 19.5.